The second-order valence-electron chi connectivity index (χ2n) is 17.2. The Balaban J connectivity index is 0.931. The molecule has 4 aliphatic rings. The summed E-state index contributed by atoms with van der Waals surface area (Å²) in [5.74, 6) is 3.15. The molecule has 1 unspecified atom stereocenters. The summed E-state index contributed by atoms with van der Waals surface area (Å²) in [5.41, 5.74) is 6.01. The van der Waals surface area contributed by atoms with E-state index in [0.717, 1.165) is 92.1 Å². The molecule has 2 aromatic heterocycles. The summed E-state index contributed by atoms with van der Waals surface area (Å²) in [6.45, 7) is 8.09. The topological polar surface area (TPSA) is 136 Å². The molecule has 2 aliphatic carbocycles. The number of amides is 3. The molecule has 0 radical (unpaired) electrons. The number of nitrogens with one attached hydrogen (secondary N) is 3. The summed E-state index contributed by atoms with van der Waals surface area (Å²) in [7, 11) is 1.31. The van der Waals surface area contributed by atoms with Crippen molar-refractivity contribution in [3.8, 4) is 11.1 Å². The maximum atomic E-state index is 13.9. The van der Waals surface area contributed by atoms with Gasteiger partial charge in [0.2, 0.25) is 11.8 Å². The minimum Gasteiger partial charge on any atom is -0.453 e. The molecule has 2 saturated heterocycles. The highest BCUT2D eigenvalue weighted by Gasteiger charge is 2.57. The summed E-state index contributed by atoms with van der Waals surface area (Å²) in [5, 5.41) is 7.12. The number of ether oxygens (including phenoxy) is 1. The van der Waals surface area contributed by atoms with Gasteiger partial charge in [-0.1, -0.05) is 64.1 Å². The number of hydrogen-bond acceptors (Lipinski definition) is 6. The van der Waals surface area contributed by atoms with E-state index in [1.807, 2.05) is 18.7 Å². The first-order valence-corrected chi connectivity index (χ1v) is 19.9. The van der Waals surface area contributed by atoms with E-state index in [1.165, 1.54) is 7.11 Å². The fourth-order valence-electron chi connectivity index (χ4n) is 9.71. The monoisotopic (exact) mass is 737 g/mol. The minimum atomic E-state index is -0.671. The van der Waals surface area contributed by atoms with Gasteiger partial charge in [-0.3, -0.25) is 9.59 Å². The number of nitrogens with zero attached hydrogens (tertiary/aromatic N) is 4. The van der Waals surface area contributed by atoms with Crippen molar-refractivity contribution in [2.75, 3.05) is 7.11 Å². The first kappa shape index (κ1) is 34.1. The predicted molar refractivity (Wildman–Crippen MR) is 212 cm³/mol. The van der Waals surface area contributed by atoms with Crippen molar-refractivity contribution in [3.63, 3.8) is 0 Å². The molecule has 0 bridgehead atoms. The summed E-state index contributed by atoms with van der Waals surface area (Å²) in [4.78, 5) is 60.8. The second kappa shape index (κ2) is 12.5. The number of carbonyl (C=O) groups excluding carboxylic acids is 3. The van der Waals surface area contributed by atoms with Crippen LogP contribution >= 0.6 is 0 Å². The zero-order valence-corrected chi connectivity index (χ0v) is 31.9. The highest BCUT2D eigenvalue weighted by molar-refractivity contribution is 6.07. The number of benzene rings is 4. The molecule has 7 atom stereocenters. The van der Waals surface area contributed by atoms with Gasteiger partial charge in [-0.15, -0.1) is 0 Å². The molecule has 11 heteroatoms. The minimum absolute atomic E-state index is 0.0177. The van der Waals surface area contributed by atoms with E-state index in [1.54, 1.807) is 0 Å². The molecule has 4 heterocycles. The third-order valence-corrected chi connectivity index (χ3v) is 12.7. The average molecular weight is 738 g/mol. The van der Waals surface area contributed by atoms with Crippen LogP contribution in [0.25, 0.3) is 54.7 Å². The summed E-state index contributed by atoms with van der Waals surface area (Å²) in [6.07, 6.45) is 3.92. The van der Waals surface area contributed by atoms with Crippen molar-refractivity contribution in [2.24, 2.45) is 23.7 Å². The van der Waals surface area contributed by atoms with E-state index in [4.69, 9.17) is 14.7 Å². The molecule has 282 valence electrons. The summed E-state index contributed by atoms with van der Waals surface area (Å²) < 4.78 is 4.83. The molecule has 2 saturated carbocycles. The fourth-order valence-corrected chi connectivity index (χ4v) is 9.71. The first-order chi connectivity index (χ1) is 26.6. The van der Waals surface area contributed by atoms with Gasteiger partial charge in [-0.2, -0.15) is 0 Å². The van der Waals surface area contributed by atoms with Gasteiger partial charge in [-0.25, -0.2) is 14.8 Å². The largest absolute Gasteiger partial charge is 0.453 e. The van der Waals surface area contributed by atoms with Crippen molar-refractivity contribution < 1.29 is 19.1 Å². The number of imidazole rings is 2. The highest BCUT2D eigenvalue weighted by atomic mass is 16.5. The Labute approximate surface area is 319 Å². The van der Waals surface area contributed by atoms with Crippen LogP contribution in [0.5, 0.6) is 0 Å². The zero-order chi connectivity index (χ0) is 37.9. The molecule has 55 heavy (non-hydrogen) atoms. The average Bonchev–Trinajstić information content (AvgIpc) is 3.81. The Morgan fingerprint density at radius 1 is 0.745 bits per heavy atom. The Kier molecular flexibility index (Phi) is 7.77. The lowest BCUT2D eigenvalue weighted by molar-refractivity contribution is -0.137. The van der Waals surface area contributed by atoms with Gasteiger partial charge in [0, 0.05) is 29.3 Å². The first-order valence-electron chi connectivity index (χ1n) is 19.9. The second-order valence-corrected chi connectivity index (χ2v) is 17.2. The number of aromatic amines is 2. The number of carbonyl (C=O) groups is 3. The molecule has 4 aromatic carbocycles. The lowest BCUT2D eigenvalue weighted by Gasteiger charge is -2.31. The van der Waals surface area contributed by atoms with Crippen molar-refractivity contribution >= 4 is 61.5 Å². The molecule has 11 nitrogen and oxygen atoms in total. The van der Waals surface area contributed by atoms with Gasteiger partial charge in [0.25, 0.3) is 0 Å². The van der Waals surface area contributed by atoms with Crippen molar-refractivity contribution in [3.05, 3.63) is 72.3 Å². The van der Waals surface area contributed by atoms with Crippen LogP contribution in [-0.2, 0) is 14.3 Å². The van der Waals surface area contributed by atoms with Crippen LogP contribution in [0.15, 0.2) is 60.7 Å². The van der Waals surface area contributed by atoms with Crippen molar-refractivity contribution in [1.29, 1.82) is 0 Å². The molecule has 3 amide bonds. The standard InChI is InChI=1S/C44H47N7O4/c1-21(2)14-37(52)50-33-17-27(33)19-35(50)41-45-31-12-8-25-15-23(6-10-29(25)39(31)47-41)24-7-11-30-26(16-24)9-13-32-40(30)48-42(46-32)36-20-28-18-34(28)51(36)43(53)38(22(3)4)49-44(54)55-5/h6-13,15-16,21-22,27-28,33-36,38H,14,17-20H2,1-5H3,(H,45,47)(H,46,48)(H,49,54)/t27-,28?,33-,34-,35+,36+,38+/m1/s1. The van der Waals surface area contributed by atoms with E-state index in [-0.39, 0.29) is 35.9 Å². The molecule has 0 spiro atoms. The van der Waals surface area contributed by atoms with Crippen molar-refractivity contribution in [1.82, 2.24) is 35.1 Å². The van der Waals surface area contributed by atoms with Crippen LogP contribution in [-0.4, -0.2) is 72.9 Å². The lowest BCUT2D eigenvalue weighted by Crippen LogP contribution is -2.52. The van der Waals surface area contributed by atoms with Gasteiger partial charge >= 0.3 is 6.09 Å². The Hall–Kier alpha value is -5.45. The van der Waals surface area contributed by atoms with Gasteiger partial charge < -0.3 is 29.8 Å². The number of fused-ring (bicyclic) bond motifs is 8. The van der Waals surface area contributed by atoms with Crippen LogP contribution < -0.4 is 5.32 Å². The quantitative estimate of drug-likeness (QED) is 0.144. The summed E-state index contributed by atoms with van der Waals surface area (Å²) in [6, 6.07) is 21.3. The third-order valence-electron chi connectivity index (χ3n) is 12.7. The molecule has 3 N–H and O–H groups in total. The van der Waals surface area contributed by atoms with Gasteiger partial charge in [0.1, 0.15) is 17.7 Å². The predicted octanol–water partition coefficient (Wildman–Crippen LogP) is 8.16. The van der Waals surface area contributed by atoms with Crippen LogP contribution in [0.2, 0.25) is 0 Å². The Bertz CT molecular complexity index is 2550. The molecule has 2 aliphatic heterocycles. The third kappa shape index (κ3) is 5.64. The maximum Gasteiger partial charge on any atom is 0.407 e. The highest BCUT2D eigenvalue weighted by Crippen LogP contribution is 2.55. The molecular weight excluding hydrogens is 691 g/mol. The number of likely N-dealkylation sites (tertiary alicyclic amines) is 2. The van der Waals surface area contributed by atoms with E-state index in [2.05, 4.69) is 94.7 Å². The summed E-state index contributed by atoms with van der Waals surface area (Å²) >= 11 is 0. The van der Waals surface area contributed by atoms with Crippen LogP contribution in [0.3, 0.4) is 0 Å². The zero-order valence-electron chi connectivity index (χ0n) is 31.9. The fraction of sp³-hybridized carbons (Fsp3) is 0.432. The van der Waals surface area contributed by atoms with E-state index >= 15 is 0 Å². The molecule has 10 rings (SSSR count). The van der Waals surface area contributed by atoms with Gasteiger partial charge in [0.15, 0.2) is 0 Å². The molecular formula is C44H47N7O4. The molecule has 6 aromatic rings. The Morgan fingerprint density at radius 2 is 1.27 bits per heavy atom. The normalized spacial score (nSPS) is 24.6. The Morgan fingerprint density at radius 3 is 1.78 bits per heavy atom. The molecule has 4 fully saturated rings. The van der Waals surface area contributed by atoms with Gasteiger partial charge in [-0.05, 0) is 95.5 Å². The van der Waals surface area contributed by atoms with Gasteiger partial charge in [0.05, 0.1) is 41.3 Å². The van der Waals surface area contributed by atoms with Crippen LogP contribution in [0.1, 0.15) is 83.5 Å². The number of hydrogen-bond donors (Lipinski definition) is 3. The maximum absolute atomic E-state index is 13.9. The number of rotatable bonds is 8. The van der Waals surface area contributed by atoms with E-state index < -0.39 is 12.1 Å². The van der Waals surface area contributed by atoms with E-state index in [0.29, 0.717) is 30.2 Å². The number of methoxy groups -OCH3 is 1. The van der Waals surface area contributed by atoms with Crippen LogP contribution in [0.4, 0.5) is 4.79 Å². The number of piperidine rings is 2. The van der Waals surface area contributed by atoms with E-state index in [9.17, 15) is 14.4 Å². The smallest absolute Gasteiger partial charge is 0.407 e. The number of aromatic nitrogens is 4. The van der Waals surface area contributed by atoms with Crippen LogP contribution in [0, 0.1) is 23.7 Å². The lowest BCUT2D eigenvalue weighted by atomic mass is 9.98. The number of H-pyrrole nitrogens is 2. The SMILES string of the molecule is COC(=O)N[C@H](C(=O)N1[C@@H]2CC2C[C@H]1c1nc2c(ccc3cc(-c4ccc5c(ccc6[nH]c([C@@H]7C[C@H]8C[C@H]8N7C(=O)CC(C)C)nc65)c4)ccc32)[nH]1)C(C)C. The van der Waals surface area contributed by atoms with Crippen molar-refractivity contribution in [2.45, 2.75) is 90.0 Å². The number of alkyl carbamates (subject to hydrolysis) is 1.